The molecule has 1 aliphatic rings. The van der Waals surface area contributed by atoms with Gasteiger partial charge in [-0.05, 0) is 61.5 Å². The van der Waals surface area contributed by atoms with E-state index in [1.807, 2.05) is 31.2 Å². The number of halogens is 1. The maximum Gasteiger partial charge on any atom is 0.260 e. The van der Waals surface area contributed by atoms with Crippen LogP contribution >= 0.6 is 11.6 Å². The summed E-state index contributed by atoms with van der Waals surface area (Å²) in [6.45, 7) is 13.1. The first-order valence-corrected chi connectivity index (χ1v) is 13.3. The lowest BCUT2D eigenvalue weighted by molar-refractivity contribution is -0.135. The Balaban J connectivity index is 2.52. The van der Waals surface area contributed by atoms with Crippen LogP contribution in [0.25, 0.3) is 0 Å². The Kier molecular flexibility index (Phi) is 12.6. The van der Waals surface area contributed by atoms with E-state index in [4.69, 9.17) is 11.6 Å². The first-order chi connectivity index (χ1) is 18.7. The standard InChI is InChI=1S/C32H38ClN3O3/c1-6-9-14-30(24(4)5)31(38)36(23-37)18-17-32(39,28-15-16-29(33)20-25(8-3)19-28)27(11-7-2)13-10-12-26-21-34-35-22-26/h6-7,9-11,13-16,19-23,25,39H,1-2,8,12,17-18H2,3-5H3,(H,34,35)/b13-10-,14-9-,27-11+. The Morgan fingerprint density at radius 3 is 2.59 bits per heavy atom. The molecule has 0 spiro atoms. The zero-order valence-corrected chi connectivity index (χ0v) is 23.7. The van der Waals surface area contributed by atoms with Gasteiger partial charge in [-0.2, -0.15) is 5.10 Å². The number of carbonyl (C=O) groups is 2. The van der Waals surface area contributed by atoms with Crippen LogP contribution in [0.2, 0.25) is 0 Å². The molecule has 2 rings (SSSR count). The smallest absolute Gasteiger partial charge is 0.260 e. The van der Waals surface area contributed by atoms with E-state index in [2.05, 4.69) is 23.4 Å². The zero-order chi connectivity index (χ0) is 28.8. The number of hydrogen-bond donors (Lipinski definition) is 2. The Bertz CT molecular complexity index is 1240. The molecule has 206 valence electrons. The van der Waals surface area contributed by atoms with Gasteiger partial charge in [0.1, 0.15) is 5.60 Å². The number of nitrogens with zero attached hydrogens (tertiary/aromatic N) is 2. The molecule has 2 unspecified atom stereocenters. The number of amides is 2. The second kappa shape index (κ2) is 15.6. The van der Waals surface area contributed by atoms with E-state index in [9.17, 15) is 14.7 Å². The predicted molar refractivity (Wildman–Crippen MR) is 160 cm³/mol. The van der Waals surface area contributed by atoms with Gasteiger partial charge in [0.2, 0.25) is 6.41 Å². The third-order valence-corrected chi connectivity index (χ3v) is 6.64. The second-order valence-corrected chi connectivity index (χ2v) is 9.81. The average Bonchev–Trinajstić information content (AvgIpc) is 3.35. The maximum atomic E-state index is 13.3. The van der Waals surface area contributed by atoms with Gasteiger partial charge in [-0.1, -0.05) is 91.9 Å². The van der Waals surface area contributed by atoms with Gasteiger partial charge in [-0.3, -0.25) is 19.6 Å². The molecule has 6 nitrogen and oxygen atoms in total. The van der Waals surface area contributed by atoms with Crippen molar-refractivity contribution in [2.24, 2.45) is 5.92 Å². The molecule has 1 aliphatic carbocycles. The summed E-state index contributed by atoms with van der Waals surface area (Å²) < 4.78 is 0. The number of aromatic amines is 1. The van der Waals surface area contributed by atoms with Gasteiger partial charge in [0.05, 0.1) is 6.20 Å². The highest BCUT2D eigenvalue weighted by molar-refractivity contribution is 6.31. The summed E-state index contributed by atoms with van der Waals surface area (Å²) in [5.41, 5.74) is 1.78. The highest BCUT2D eigenvalue weighted by atomic mass is 35.5. The molecule has 0 fully saturated rings. The van der Waals surface area contributed by atoms with Crippen molar-refractivity contribution in [1.82, 2.24) is 15.1 Å². The summed E-state index contributed by atoms with van der Waals surface area (Å²) in [6, 6.07) is 0. The van der Waals surface area contributed by atoms with Gasteiger partial charge >= 0.3 is 0 Å². The number of aliphatic hydroxyl groups is 1. The molecule has 0 aromatic carbocycles. The Labute approximate surface area is 236 Å². The third kappa shape index (κ3) is 8.91. The van der Waals surface area contributed by atoms with Crippen LogP contribution in [0.3, 0.4) is 0 Å². The average molecular weight is 548 g/mol. The SMILES string of the molecule is C=C/C=C\C(C(=O)N(C=O)CCC(O)(C1=CC(CC)C=C(Cl)C=C1)C(/C=C\Cc1cn[nH]c1)=C/C=C)=C(C)C. The quantitative estimate of drug-likeness (QED) is 0.159. The molecule has 1 heterocycles. The fraction of sp³-hybridized carbons (Fsp3) is 0.281. The molecule has 2 amide bonds. The zero-order valence-electron chi connectivity index (χ0n) is 22.9. The van der Waals surface area contributed by atoms with Gasteiger partial charge < -0.3 is 5.11 Å². The fourth-order valence-electron chi connectivity index (χ4n) is 4.16. The lowest BCUT2D eigenvalue weighted by atomic mass is 9.80. The molecule has 1 aromatic rings. The summed E-state index contributed by atoms with van der Waals surface area (Å²) in [6.07, 6.45) is 24.9. The Hall–Kier alpha value is -3.74. The van der Waals surface area contributed by atoms with Crippen LogP contribution in [0, 0.1) is 5.92 Å². The van der Waals surface area contributed by atoms with Crippen LogP contribution in [-0.4, -0.2) is 44.7 Å². The number of aromatic nitrogens is 2. The van der Waals surface area contributed by atoms with Crippen molar-refractivity contribution in [2.45, 2.75) is 45.6 Å². The van der Waals surface area contributed by atoms with E-state index in [0.717, 1.165) is 22.5 Å². The molecule has 0 bridgehead atoms. The summed E-state index contributed by atoms with van der Waals surface area (Å²) >= 11 is 6.38. The van der Waals surface area contributed by atoms with Crippen molar-refractivity contribution in [3.63, 3.8) is 0 Å². The number of hydrogen-bond acceptors (Lipinski definition) is 4. The van der Waals surface area contributed by atoms with Crippen LogP contribution in [-0.2, 0) is 16.0 Å². The summed E-state index contributed by atoms with van der Waals surface area (Å²) in [5.74, 6) is -0.448. The van der Waals surface area contributed by atoms with Crippen LogP contribution in [0.15, 0.2) is 120 Å². The molecule has 0 radical (unpaired) electrons. The number of H-pyrrole nitrogens is 1. The van der Waals surface area contributed by atoms with E-state index >= 15 is 0 Å². The number of rotatable bonds is 14. The van der Waals surface area contributed by atoms with Crippen molar-refractivity contribution >= 4 is 23.9 Å². The van der Waals surface area contributed by atoms with Crippen LogP contribution in [0.1, 0.15) is 39.2 Å². The highest BCUT2D eigenvalue weighted by Gasteiger charge is 2.35. The predicted octanol–water partition coefficient (Wildman–Crippen LogP) is 6.45. The highest BCUT2D eigenvalue weighted by Crippen LogP contribution is 2.36. The third-order valence-electron chi connectivity index (χ3n) is 6.39. The normalized spacial score (nSPS) is 17.3. The molecule has 7 heteroatoms. The molecule has 39 heavy (non-hydrogen) atoms. The van der Waals surface area contributed by atoms with Crippen LogP contribution in [0.5, 0.6) is 0 Å². The number of allylic oxidation sites excluding steroid dienone is 10. The Morgan fingerprint density at radius 2 is 2.00 bits per heavy atom. The number of carbonyl (C=O) groups excluding carboxylic acids is 2. The van der Waals surface area contributed by atoms with Gasteiger partial charge in [0.15, 0.2) is 0 Å². The van der Waals surface area contributed by atoms with Crippen molar-refractivity contribution in [3.8, 4) is 0 Å². The molecule has 0 saturated heterocycles. The molecular weight excluding hydrogens is 510 g/mol. The fourth-order valence-corrected chi connectivity index (χ4v) is 4.38. The summed E-state index contributed by atoms with van der Waals surface area (Å²) in [7, 11) is 0. The van der Waals surface area contributed by atoms with E-state index in [-0.39, 0.29) is 18.9 Å². The molecule has 2 atom stereocenters. The van der Waals surface area contributed by atoms with Crippen molar-refractivity contribution < 1.29 is 14.7 Å². The van der Waals surface area contributed by atoms with Gasteiger partial charge in [0.25, 0.3) is 5.91 Å². The van der Waals surface area contributed by atoms with Gasteiger partial charge in [-0.25, -0.2) is 0 Å². The minimum atomic E-state index is -1.55. The van der Waals surface area contributed by atoms with E-state index in [0.29, 0.717) is 34.6 Å². The number of nitrogens with one attached hydrogen (secondary N) is 1. The van der Waals surface area contributed by atoms with Crippen LogP contribution < -0.4 is 0 Å². The van der Waals surface area contributed by atoms with Gasteiger partial charge in [-0.15, -0.1) is 0 Å². The van der Waals surface area contributed by atoms with E-state index in [1.54, 1.807) is 68.8 Å². The second-order valence-electron chi connectivity index (χ2n) is 9.37. The van der Waals surface area contributed by atoms with Crippen molar-refractivity contribution in [2.75, 3.05) is 6.54 Å². The first-order valence-electron chi connectivity index (χ1n) is 12.9. The van der Waals surface area contributed by atoms with Gasteiger partial charge in [0, 0.05) is 29.8 Å². The molecule has 2 N–H and O–H groups in total. The molecule has 0 aliphatic heterocycles. The largest absolute Gasteiger partial charge is 0.380 e. The topological polar surface area (TPSA) is 86.3 Å². The first kappa shape index (κ1) is 31.5. The monoisotopic (exact) mass is 547 g/mol. The van der Waals surface area contributed by atoms with Crippen molar-refractivity contribution in [3.05, 3.63) is 125 Å². The molecule has 1 aromatic heterocycles. The van der Waals surface area contributed by atoms with Crippen molar-refractivity contribution in [1.29, 1.82) is 0 Å². The van der Waals surface area contributed by atoms with E-state index < -0.39 is 11.5 Å². The summed E-state index contributed by atoms with van der Waals surface area (Å²) in [4.78, 5) is 26.4. The maximum absolute atomic E-state index is 13.3. The molecular formula is C32H38ClN3O3. The minimum Gasteiger partial charge on any atom is -0.380 e. The summed E-state index contributed by atoms with van der Waals surface area (Å²) in [5, 5.41) is 19.7. The number of imide groups is 1. The van der Waals surface area contributed by atoms with E-state index in [1.165, 1.54) is 0 Å². The van der Waals surface area contributed by atoms with Crippen LogP contribution in [0.4, 0.5) is 0 Å². The molecule has 0 saturated carbocycles. The minimum absolute atomic E-state index is 0.000889. The Morgan fingerprint density at radius 1 is 1.23 bits per heavy atom. The lowest BCUT2D eigenvalue weighted by Gasteiger charge is -2.33. The lowest BCUT2D eigenvalue weighted by Crippen LogP contribution is -2.40.